The maximum absolute atomic E-state index is 10.4. The number of rotatable bonds is 2. The molecular formula is C10H16ClN3O. The summed E-state index contributed by atoms with van der Waals surface area (Å²) in [5.74, 6) is 0. The molecule has 15 heavy (non-hydrogen) atoms. The second kappa shape index (κ2) is 4.12. The molecule has 4 nitrogen and oxygen atoms in total. The van der Waals surface area contributed by atoms with Gasteiger partial charge >= 0.3 is 0 Å². The average molecular weight is 230 g/mol. The van der Waals surface area contributed by atoms with Gasteiger partial charge in [0.1, 0.15) is 5.15 Å². The van der Waals surface area contributed by atoms with Crippen molar-refractivity contribution in [3.63, 3.8) is 0 Å². The first-order chi connectivity index (χ1) is 7.11. The molecule has 1 saturated heterocycles. The molecule has 5 heteroatoms. The van der Waals surface area contributed by atoms with Crippen LogP contribution in [0.1, 0.15) is 18.5 Å². The topological polar surface area (TPSA) is 50.1 Å². The molecule has 0 radical (unpaired) electrons. The van der Waals surface area contributed by atoms with Crippen molar-refractivity contribution in [2.75, 3.05) is 13.1 Å². The largest absolute Gasteiger partial charge is 0.389 e. The van der Waals surface area contributed by atoms with E-state index >= 15 is 0 Å². The van der Waals surface area contributed by atoms with Crippen molar-refractivity contribution in [3.05, 3.63) is 17.2 Å². The van der Waals surface area contributed by atoms with Gasteiger partial charge in [-0.25, -0.2) is 4.98 Å². The third-order valence-corrected chi connectivity index (χ3v) is 3.35. The molecule has 0 atom stereocenters. The molecule has 0 aliphatic carbocycles. The van der Waals surface area contributed by atoms with Crippen LogP contribution in [0, 0.1) is 0 Å². The Morgan fingerprint density at radius 2 is 2.27 bits per heavy atom. The third-order valence-electron chi connectivity index (χ3n) is 3.04. The molecule has 1 aliphatic rings. The quantitative estimate of drug-likeness (QED) is 0.786. The molecule has 84 valence electrons. The van der Waals surface area contributed by atoms with Gasteiger partial charge in [0, 0.05) is 13.5 Å². The monoisotopic (exact) mass is 229 g/mol. The molecule has 0 unspecified atom stereocenters. The van der Waals surface area contributed by atoms with Gasteiger partial charge in [0.05, 0.1) is 17.6 Å². The lowest BCUT2D eigenvalue weighted by Crippen LogP contribution is -2.43. The first-order valence-corrected chi connectivity index (χ1v) is 5.57. The molecule has 0 amide bonds. The van der Waals surface area contributed by atoms with E-state index < -0.39 is 5.60 Å². The van der Waals surface area contributed by atoms with E-state index in [0.29, 0.717) is 11.6 Å². The van der Waals surface area contributed by atoms with E-state index in [-0.39, 0.29) is 0 Å². The van der Waals surface area contributed by atoms with Gasteiger partial charge < -0.3 is 15.0 Å². The minimum absolute atomic E-state index is 0.504. The Labute approximate surface area is 94.3 Å². The van der Waals surface area contributed by atoms with Crippen LogP contribution >= 0.6 is 11.6 Å². The highest BCUT2D eigenvalue weighted by atomic mass is 35.5. The number of imidazole rings is 1. The molecule has 0 saturated carbocycles. The number of nitrogens with one attached hydrogen (secondary N) is 1. The fourth-order valence-electron chi connectivity index (χ4n) is 2.01. The van der Waals surface area contributed by atoms with E-state index in [2.05, 4.69) is 10.3 Å². The zero-order chi connectivity index (χ0) is 10.9. The number of aliphatic hydroxyl groups is 1. The maximum atomic E-state index is 10.4. The lowest BCUT2D eigenvalue weighted by Gasteiger charge is -2.32. The molecule has 2 heterocycles. The normalized spacial score (nSPS) is 20.5. The van der Waals surface area contributed by atoms with Crippen LogP contribution in [0.2, 0.25) is 5.15 Å². The van der Waals surface area contributed by atoms with Crippen LogP contribution in [0.4, 0.5) is 0 Å². The van der Waals surface area contributed by atoms with Gasteiger partial charge in [0.15, 0.2) is 0 Å². The van der Waals surface area contributed by atoms with Gasteiger partial charge in [0.2, 0.25) is 0 Å². The molecule has 1 aliphatic heterocycles. The number of aromatic nitrogens is 2. The summed E-state index contributed by atoms with van der Waals surface area (Å²) in [6, 6.07) is 0. The Balaban J connectivity index is 2.13. The average Bonchev–Trinajstić information content (AvgIpc) is 2.50. The molecule has 2 rings (SSSR count). The maximum Gasteiger partial charge on any atom is 0.150 e. The van der Waals surface area contributed by atoms with Gasteiger partial charge in [-0.15, -0.1) is 0 Å². The van der Waals surface area contributed by atoms with Crippen LogP contribution < -0.4 is 5.32 Å². The molecule has 1 fully saturated rings. The summed E-state index contributed by atoms with van der Waals surface area (Å²) in [6.07, 6.45) is 3.81. The van der Waals surface area contributed by atoms with Crippen molar-refractivity contribution in [2.24, 2.45) is 7.05 Å². The lowest BCUT2D eigenvalue weighted by atomic mass is 9.88. The summed E-state index contributed by atoms with van der Waals surface area (Å²) in [7, 11) is 1.90. The number of aryl methyl sites for hydroxylation is 1. The zero-order valence-corrected chi connectivity index (χ0v) is 9.59. The predicted molar refractivity (Wildman–Crippen MR) is 59.0 cm³/mol. The van der Waals surface area contributed by atoms with Crippen LogP contribution in [-0.4, -0.2) is 33.3 Å². The summed E-state index contributed by atoms with van der Waals surface area (Å²) < 4.78 is 1.88. The van der Waals surface area contributed by atoms with Crippen LogP contribution in [0.3, 0.4) is 0 Å². The van der Waals surface area contributed by atoms with E-state index in [4.69, 9.17) is 11.6 Å². The van der Waals surface area contributed by atoms with Crippen molar-refractivity contribution >= 4 is 11.6 Å². The smallest absolute Gasteiger partial charge is 0.150 e. The number of hydrogen-bond acceptors (Lipinski definition) is 3. The van der Waals surface area contributed by atoms with Crippen molar-refractivity contribution < 1.29 is 5.11 Å². The van der Waals surface area contributed by atoms with Crippen molar-refractivity contribution in [2.45, 2.75) is 24.9 Å². The van der Waals surface area contributed by atoms with E-state index in [0.717, 1.165) is 31.6 Å². The SMILES string of the molecule is Cn1cnc(Cl)c1CC1(O)CCNCC1. The highest BCUT2D eigenvalue weighted by molar-refractivity contribution is 6.30. The second-order valence-corrected chi connectivity index (χ2v) is 4.60. The lowest BCUT2D eigenvalue weighted by molar-refractivity contribution is 0.00947. The first kappa shape index (κ1) is 10.9. The summed E-state index contributed by atoms with van der Waals surface area (Å²) in [6.45, 7) is 1.73. The van der Waals surface area contributed by atoms with Crippen LogP contribution in [-0.2, 0) is 13.5 Å². The summed E-state index contributed by atoms with van der Waals surface area (Å²) in [5, 5.41) is 14.1. The zero-order valence-electron chi connectivity index (χ0n) is 8.83. The summed E-state index contributed by atoms with van der Waals surface area (Å²) in [4.78, 5) is 4.01. The van der Waals surface area contributed by atoms with Crippen molar-refractivity contribution in [1.82, 2.24) is 14.9 Å². The molecular weight excluding hydrogens is 214 g/mol. The van der Waals surface area contributed by atoms with Crippen LogP contribution in [0.15, 0.2) is 6.33 Å². The fourth-order valence-corrected chi connectivity index (χ4v) is 2.25. The molecule has 0 aromatic carbocycles. The number of piperidine rings is 1. The van der Waals surface area contributed by atoms with E-state index in [1.54, 1.807) is 6.33 Å². The minimum atomic E-state index is -0.622. The van der Waals surface area contributed by atoms with Crippen molar-refractivity contribution in [3.8, 4) is 0 Å². The molecule has 2 N–H and O–H groups in total. The van der Waals surface area contributed by atoms with Gasteiger partial charge in [0.25, 0.3) is 0 Å². The fraction of sp³-hybridized carbons (Fsp3) is 0.700. The van der Waals surface area contributed by atoms with E-state index in [9.17, 15) is 5.11 Å². The van der Waals surface area contributed by atoms with Crippen molar-refractivity contribution in [1.29, 1.82) is 0 Å². The first-order valence-electron chi connectivity index (χ1n) is 5.19. The Hall–Kier alpha value is -0.580. The van der Waals surface area contributed by atoms with E-state index in [1.165, 1.54) is 0 Å². The molecule has 1 aromatic heterocycles. The standard InChI is InChI=1S/C10H16ClN3O/c1-14-7-13-9(11)8(14)6-10(15)2-4-12-5-3-10/h7,12,15H,2-6H2,1H3. The number of hydrogen-bond donors (Lipinski definition) is 2. The second-order valence-electron chi connectivity index (χ2n) is 4.24. The highest BCUT2D eigenvalue weighted by Gasteiger charge is 2.31. The molecule has 0 spiro atoms. The number of halogens is 1. The Morgan fingerprint density at radius 3 is 2.80 bits per heavy atom. The van der Waals surface area contributed by atoms with E-state index in [1.807, 2.05) is 11.6 Å². The Kier molecular flexibility index (Phi) is 3.00. The van der Waals surface area contributed by atoms with Crippen LogP contribution in [0.25, 0.3) is 0 Å². The Bertz CT molecular complexity index is 325. The minimum Gasteiger partial charge on any atom is -0.389 e. The van der Waals surface area contributed by atoms with Gasteiger partial charge in [-0.1, -0.05) is 11.6 Å². The number of nitrogens with zero attached hydrogens (tertiary/aromatic N) is 2. The highest BCUT2D eigenvalue weighted by Crippen LogP contribution is 2.26. The van der Waals surface area contributed by atoms with Crippen LogP contribution in [0.5, 0.6) is 0 Å². The summed E-state index contributed by atoms with van der Waals surface area (Å²) in [5.41, 5.74) is 0.295. The third kappa shape index (κ3) is 2.33. The van der Waals surface area contributed by atoms with Gasteiger partial charge in [-0.3, -0.25) is 0 Å². The molecule has 1 aromatic rings. The Morgan fingerprint density at radius 1 is 1.60 bits per heavy atom. The predicted octanol–water partition coefficient (Wildman–Crippen LogP) is 0.730. The van der Waals surface area contributed by atoms with Gasteiger partial charge in [-0.05, 0) is 25.9 Å². The summed E-state index contributed by atoms with van der Waals surface area (Å²) >= 11 is 5.97. The van der Waals surface area contributed by atoms with Gasteiger partial charge in [-0.2, -0.15) is 0 Å². The molecule has 0 bridgehead atoms.